The van der Waals surface area contributed by atoms with Crippen molar-refractivity contribution in [2.75, 3.05) is 30.9 Å². The van der Waals surface area contributed by atoms with Crippen LogP contribution in [0.4, 0.5) is 11.6 Å². The van der Waals surface area contributed by atoms with E-state index in [0.717, 1.165) is 36.9 Å². The smallest absolute Gasteiger partial charge is 0.349 e. The van der Waals surface area contributed by atoms with Crippen molar-refractivity contribution in [3.63, 3.8) is 0 Å². The molecule has 0 aliphatic heterocycles. The molecule has 0 fully saturated rings. The maximum Gasteiger partial charge on any atom is 0.349 e. The third-order valence-corrected chi connectivity index (χ3v) is 4.98. The summed E-state index contributed by atoms with van der Waals surface area (Å²) in [5.41, 5.74) is 1.53. The number of hydrogen-bond acceptors (Lipinski definition) is 7. The number of anilines is 2. The normalized spacial score (nSPS) is 10.7. The van der Waals surface area contributed by atoms with E-state index in [1.54, 1.807) is 23.9 Å². The van der Waals surface area contributed by atoms with Gasteiger partial charge in [-0.2, -0.15) is 10.1 Å². The number of nitrogens with one attached hydrogen (secondary N) is 2. The second-order valence-electron chi connectivity index (χ2n) is 7.64. The van der Waals surface area contributed by atoms with Crippen molar-refractivity contribution in [1.29, 1.82) is 0 Å². The van der Waals surface area contributed by atoms with Gasteiger partial charge in [-0.1, -0.05) is 30.3 Å². The summed E-state index contributed by atoms with van der Waals surface area (Å²) in [4.78, 5) is 28.3. The van der Waals surface area contributed by atoms with Gasteiger partial charge in [-0.15, -0.1) is 5.10 Å². The summed E-state index contributed by atoms with van der Waals surface area (Å²) in [7, 11) is 1.66. The predicted molar refractivity (Wildman–Crippen MR) is 127 cm³/mol. The molecule has 0 atom stereocenters. The summed E-state index contributed by atoms with van der Waals surface area (Å²) in [6.45, 7) is 1.97. The van der Waals surface area contributed by atoms with Gasteiger partial charge in [-0.05, 0) is 49.4 Å². The second kappa shape index (κ2) is 13.1. The number of carbonyl (C=O) groups is 1. The monoisotopic (exact) mass is 450 g/mol. The Morgan fingerprint density at radius 1 is 1.00 bits per heavy atom. The van der Waals surface area contributed by atoms with Crippen molar-refractivity contribution in [2.24, 2.45) is 0 Å². The Kier molecular flexibility index (Phi) is 9.53. The molecule has 0 radical (unpaired) electrons. The van der Waals surface area contributed by atoms with Crippen LogP contribution in [-0.4, -0.2) is 45.9 Å². The molecule has 2 heterocycles. The minimum Gasteiger partial charge on any atom is -0.385 e. The topological polar surface area (TPSA) is 111 Å². The van der Waals surface area contributed by atoms with Crippen LogP contribution in [-0.2, 0) is 28.9 Å². The van der Waals surface area contributed by atoms with Crippen molar-refractivity contribution in [3.8, 4) is 0 Å². The van der Waals surface area contributed by atoms with Crippen LogP contribution in [0.1, 0.15) is 30.5 Å². The fourth-order valence-electron chi connectivity index (χ4n) is 3.25. The summed E-state index contributed by atoms with van der Waals surface area (Å²) in [6.07, 6.45) is 5.33. The van der Waals surface area contributed by atoms with Gasteiger partial charge in [-0.3, -0.25) is 9.36 Å². The van der Waals surface area contributed by atoms with Gasteiger partial charge in [0.1, 0.15) is 5.82 Å². The zero-order valence-corrected chi connectivity index (χ0v) is 18.9. The quantitative estimate of drug-likeness (QED) is 0.385. The van der Waals surface area contributed by atoms with Crippen LogP contribution in [0.3, 0.4) is 0 Å². The molecule has 0 aliphatic carbocycles. The lowest BCUT2D eigenvalue weighted by molar-refractivity contribution is -0.115. The zero-order chi connectivity index (χ0) is 23.3. The van der Waals surface area contributed by atoms with Gasteiger partial charge in [0.25, 0.3) is 0 Å². The van der Waals surface area contributed by atoms with E-state index < -0.39 is 0 Å². The number of aryl methyl sites for hydroxylation is 2. The highest BCUT2D eigenvalue weighted by atomic mass is 16.5. The fourth-order valence-corrected chi connectivity index (χ4v) is 3.25. The molecule has 174 valence electrons. The lowest BCUT2D eigenvalue weighted by atomic mass is 10.1. The Morgan fingerprint density at radius 3 is 2.58 bits per heavy atom. The molecule has 9 heteroatoms. The van der Waals surface area contributed by atoms with Gasteiger partial charge < -0.3 is 15.4 Å². The van der Waals surface area contributed by atoms with Crippen molar-refractivity contribution < 1.29 is 9.53 Å². The Bertz CT molecular complexity index is 1050. The molecule has 0 bridgehead atoms. The lowest BCUT2D eigenvalue weighted by Crippen LogP contribution is -2.23. The number of ether oxygens (including phenoxy) is 1. The minimum atomic E-state index is -0.262. The number of aromatic nitrogens is 4. The van der Waals surface area contributed by atoms with Gasteiger partial charge in [0, 0.05) is 33.0 Å². The predicted octanol–water partition coefficient (Wildman–Crippen LogP) is 2.69. The van der Waals surface area contributed by atoms with E-state index in [4.69, 9.17) is 4.74 Å². The van der Waals surface area contributed by atoms with Crippen molar-refractivity contribution in [2.45, 2.75) is 38.6 Å². The van der Waals surface area contributed by atoms with E-state index in [2.05, 4.69) is 25.8 Å². The molecule has 33 heavy (non-hydrogen) atoms. The number of benzene rings is 1. The third kappa shape index (κ3) is 8.46. The fraction of sp³-hybridized carbons (Fsp3) is 0.375. The largest absolute Gasteiger partial charge is 0.385 e. The van der Waals surface area contributed by atoms with Crippen LogP contribution in [0, 0.1) is 0 Å². The van der Waals surface area contributed by atoms with E-state index in [-0.39, 0.29) is 11.6 Å². The number of rotatable bonds is 13. The number of nitrogens with zero attached hydrogens (tertiary/aromatic N) is 4. The first-order valence-corrected chi connectivity index (χ1v) is 11.1. The molecule has 1 aromatic carbocycles. The first-order valence-electron chi connectivity index (χ1n) is 11.1. The summed E-state index contributed by atoms with van der Waals surface area (Å²) in [5, 5.41) is 14.2. The summed E-state index contributed by atoms with van der Waals surface area (Å²) in [6, 6.07) is 15.0. The van der Waals surface area contributed by atoms with E-state index in [1.165, 1.54) is 0 Å². The summed E-state index contributed by atoms with van der Waals surface area (Å²) < 4.78 is 6.61. The number of methoxy groups -OCH3 is 1. The molecule has 0 aliphatic rings. The highest BCUT2D eigenvalue weighted by Crippen LogP contribution is 2.08. The molecular weight excluding hydrogens is 420 g/mol. The van der Waals surface area contributed by atoms with Crippen LogP contribution in [0.2, 0.25) is 0 Å². The van der Waals surface area contributed by atoms with E-state index in [1.807, 2.05) is 42.5 Å². The number of carbonyl (C=O) groups excluding carboxylic acids is 1. The van der Waals surface area contributed by atoms with Gasteiger partial charge in [0.15, 0.2) is 5.82 Å². The molecule has 0 saturated carbocycles. The summed E-state index contributed by atoms with van der Waals surface area (Å²) >= 11 is 0. The third-order valence-electron chi connectivity index (χ3n) is 4.98. The highest BCUT2D eigenvalue weighted by molar-refractivity contribution is 5.91. The molecule has 0 saturated heterocycles. The van der Waals surface area contributed by atoms with E-state index in [9.17, 15) is 9.59 Å². The maximum atomic E-state index is 12.2. The van der Waals surface area contributed by atoms with Gasteiger partial charge in [-0.25, -0.2) is 4.79 Å². The number of unbranched alkanes of at least 4 members (excludes halogenated alkanes) is 1. The van der Waals surface area contributed by atoms with Crippen LogP contribution >= 0.6 is 0 Å². The molecule has 0 unspecified atom stereocenters. The first kappa shape index (κ1) is 24.1. The van der Waals surface area contributed by atoms with E-state index in [0.29, 0.717) is 37.8 Å². The molecule has 2 N–H and O–H groups in total. The van der Waals surface area contributed by atoms with Crippen LogP contribution < -0.4 is 16.3 Å². The van der Waals surface area contributed by atoms with Crippen molar-refractivity contribution >= 4 is 17.5 Å². The van der Waals surface area contributed by atoms with Gasteiger partial charge >= 0.3 is 5.69 Å². The van der Waals surface area contributed by atoms with Crippen LogP contribution in [0.5, 0.6) is 0 Å². The first-order chi connectivity index (χ1) is 16.1. The molecule has 0 spiro atoms. The second-order valence-corrected chi connectivity index (χ2v) is 7.64. The highest BCUT2D eigenvalue weighted by Gasteiger charge is 2.06. The van der Waals surface area contributed by atoms with Crippen molar-refractivity contribution in [3.05, 3.63) is 76.5 Å². The molecule has 2 aromatic heterocycles. The minimum absolute atomic E-state index is 0.126. The lowest BCUT2D eigenvalue weighted by Gasteiger charge is -2.08. The molecular formula is C24H30N6O3. The average molecular weight is 451 g/mol. The van der Waals surface area contributed by atoms with Gasteiger partial charge in [0.2, 0.25) is 5.91 Å². The van der Waals surface area contributed by atoms with E-state index >= 15 is 0 Å². The Morgan fingerprint density at radius 2 is 1.85 bits per heavy atom. The Hall–Kier alpha value is -3.59. The number of amides is 1. The zero-order valence-electron chi connectivity index (χ0n) is 18.9. The van der Waals surface area contributed by atoms with Crippen LogP contribution in [0.25, 0.3) is 0 Å². The van der Waals surface area contributed by atoms with Crippen molar-refractivity contribution in [1.82, 2.24) is 19.7 Å². The number of hydrogen-bond donors (Lipinski definition) is 2. The Balaban J connectivity index is 1.37. The van der Waals surface area contributed by atoms with Crippen LogP contribution in [0.15, 0.2) is 59.5 Å². The average Bonchev–Trinajstić information content (AvgIpc) is 2.82. The molecule has 3 rings (SSSR count). The molecule has 1 amide bonds. The maximum absolute atomic E-state index is 12.2. The summed E-state index contributed by atoms with van der Waals surface area (Å²) in [5.74, 6) is 0.894. The van der Waals surface area contributed by atoms with Gasteiger partial charge in [0.05, 0.1) is 12.1 Å². The SMILES string of the molecule is COCCCNc1ccn(CCCCc2ccc(NC(=O)Cc3ccccc3)nn2)c(=O)n1. The molecule has 9 nitrogen and oxygen atoms in total. The Labute approximate surface area is 193 Å². The molecule has 3 aromatic rings. The standard InChI is InChI=1S/C24H30N6O3/c1-33-17-7-14-25-21-13-16-30(24(32)27-21)15-6-5-10-20-11-12-22(29-28-20)26-23(31)18-19-8-3-2-4-9-19/h2-4,8-9,11-13,16H,5-7,10,14-15,17-18H2,1H3,(H,25,27,32)(H,26,29,31).